The number of carboxylic acids is 1. The molecule has 0 aliphatic carbocycles. The second-order valence-electron chi connectivity index (χ2n) is 4.35. The van der Waals surface area contributed by atoms with Crippen LogP contribution in [0.2, 0.25) is 0 Å². The fourth-order valence-corrected chi connectivity index (χ4v) is 1.97. The molecule has 0 atom stereocenters. The van der Waals surface area contributed by atoms with Crippen LogP contribution < -0.4 is 5.32 Å². The number of hydrogen-bond donors (Lipinski definition) is 4. The van der Waals surface area contributed by atoms with Crippen LogP contribution in [-0.4, -0.2) is 39.9 Å². The Labute approximate surface area is 112 Å². The van der Waals surface area contributed by atoms with E-state index in [-0.39, 0.29) is 11.8 Å². The van der Waals surface area contributed by atoms with E-state index in [0.717, 1.165) is 31.6 Å². The molecule has 1 fully saturated rings. The first-order chi connectivity index (χ1) is 8.43. The lowest BCUT2D eigenvalue weighted by atomic mass is 10.1. The molecule has 5 nitrogen and oxygen atoms in total. The largest absolute Gasteiger partial charge is 0.477 e. The van der Waals surface area contributed by atoms with Crippen molar-refractivity contribution in [2.75, 3.05) is 13.1 Å². The van der Waals surface area contributed by atoms with Crippen LogP contribution in [0.3, 0.4) is 0 Å². The van der Waals surface area contributed by atoms with Crippen molar-refractivity contribution in [1.82, 2.24) is 9.88 Å². The van der Waals surface area contributed by atoms with Crippen LogP contribution in [0.15, 0.2) is 11.0 Å². The summed E-state index contributed by atoms with van der Waals surface area (Å²) in [5.74, 6) is -0.920. The third-order valence-corrected chi connectivity index (χ3v) is 3.49. The van der Waals surface area contributed by atoms with Gasteiger partial charge in [-0.2, -0.15) is 0 Å². The van der Waals surface area contributed by atoms with E-state index in [4.69, 9.17) is 10.2 Å². The van der Waals surface area contributed by atoms with Crippen LogP contribution in [0.5, 0.6) is 0 Å². The van der Waals surface area contributed by atoms with Gasteiger partial charge in [0.15, 0.2) is 0 Å². The number of hydrogen-bond acceptors (Lipinski definition) is 4. The van der Waals surface area contributed by atoms with Gasteiger partial charge in [-0.15, -0.1) is 12.6 Å². The van der Waals surface area contributed by atoms with Gasteiger partial charge >= 0.3 is 5.97 Å². The van der Waals surface area contributed by atoms with Crippen molar-refractivity contribution in [1.29, 1.82) is 0 Å². The lowest BCUT2D eigenvalue weighted by molar-refractivity contribution is 0.0686. The first-order valence-electron chi connectivity index (χ1n) is 5.90. The van der Waals surface area contributed by atoms with Gasteiger partial charge in [0.05, 0.1) is 6.10 Å². The van der Waals surface area contributed by atoms with Crippen molar-refractivity contribution in [3.8, 4) is 0 Å². The summed E-state index contributed by atoms with van der Waals surface area (Å²) in [6, 6.07) is 1.54. The van der Waals surface area contributed by atoms with Crippen molar-refractivity contribution in [3.63, 3.8) is 0 Å². The van der Waals surface area contributed by atoms with Gasteiger partial charge in [-0.3, -0.25) is 0 Å². The third kappa shape index (κ3) is 4.04. The Balaban J connectivity index is 0.000000199. The zero-order valence-corrected chi connectivity index (χ0v) is 11.6. The number of thiol groups is 1. The summed E-state index contributed by atoms with van der Waals surface area (Å²) in [6.07, 6.45) is 1.83. The van der Waals surface area contributed by atoms with E-state index in [9.17, 15) is 4.79 Å². The summed E-state index contributed by atoms with van der Waals surface area (Å²) < 4.78 is 1.60. The fourth-order valence-electron chi connectivity index (χ4n) is 1.70. The topological polar surface area (TPSA) is 74.5 Å². The van der Waals surface area contributed by atoms with Crippen molar-refractivity contribution < 1.29 is 15.0 Å². The first kappa shape index (κ1) is 15.1. The summed E-state index contributed by atoms with van der Waals surface area (Å²) in [4.78, 5) is 11.2. The summed E-state index contributed by atoms with van der Waals surface area (Å²) in [5, 5.41) is 20.7. The monoisotopic (exact) mass is 272 g/mol. The van der Waals surface area contributed by atoms with Crippen LogP contribution in [0.1, 0.15) is 29.0 Å². The number of carbonyl (C=O) groups is 1. The molecule has 1 aliphatic heterocycles. The number of aromatic carboxylic acids is 1. The molecule has 0 radical (unpaired) electrons. The minimum Gasteiger partial charge on any atom is -0.477 e. The van der Waals surface area contributed by atoms with Gasteiger partial charge in [0.1, 0.15) is 5.69 Å². The molecule has 2 rings (SSSR count). The molecular weight excluding hydrogens is 252 g/mol. The number of rotatable bonds is 1. The van der Waals surface area contributed by atoms with Crippen LogP contribution >= 0.6 is 12.6 Å². The fraction of sp³-hybridized carbons (Fsp3) is 0.583. The second kappa shape index (κ2) is 6.82. The molecule has 102 valence electrons. The van der Waals surface area contributed by atoms with E-state index in [2.05, 4.69) is 17.9 Å². The zero-order valence-electron chi connectivity index (χ0n) is 10.7. The Morgan fingerprint density at radius 3 is 2.28 bits per heavy atom. The Hall–Kier alpha value is -0.980. The van der Waals surface area contributed by atoms with Crippen LogP contribution in [0.4, 0.5) is 0 Å². The predicted molar refractivity (Wildman–Crippen MR) is 72.5 cm³/mol. The van der Waals surface area contributed by atoms with E-state index in [1.807, 2.05) is 6.92 Å². The minimum atomic E-state index is -0.920. The third-order valence-electron chi connectivity index (χ3n) is 3.04. The molecule has 2 heterocycles. The molecule has 1 aliphatic rings. The highest BCUT2D eigenvalue weighted by atomic mass is 32.1. The SMILES string of the molecule is Cc1c(S)cc(C(=O)O)n1C.OC1CCNCC1. The summed E-state index contributed by atoms with van der Waals surface area (Å²) >= 11 is 4.10. The van der Waals surface area contributed by atoms with E-state index in [1.165, 1.54) is 0 Å². The van der Waals surface area contributed by atoms with E-state index in [0.29, 0.717) is 4.90 Å². The van der Waals surface area contributed by atoms with Gasteiger partial charge in [-0.25, -0.2) is 4.79 Å². The molecule has 1 aromatic rings. The average Bonchev–Trinajstić information content (AvgIpc) is 2.59. The van der Waals surface area contributed by atoms with Gasteiger partial charge in [0.2, 0.25) is 0 Å². The Bertz CT molecular complexity index is 412. The van der Waals surface area contributed by atoms with Crippen molar-refractivity contribution >= 4 is 18.6 Å². The molecule has 1 aromatic heterocycles. The number of aromatic nitrogens is 1. The molecule has 6 heteroatoms. The zero-order chi connectivity index (χ0) is 13.7. The number of nitrogens with one attached hydrogen (secondary N) is 1. The number of aliphatic hydroxyl groups is 1. The van der Waals surface area contributed by atoms with E-state index >= 15 is 0 Å². The van der Waals surface area contributed by atoms with E-state index in [1.54, 1.807) is 17.7 Å². The normalized spacial score (nSPS) is 16.0. The highest BCUT2D eigenvalue weighted by Crippen LogP contribution is 2.16. The van der Waals surface area contributed by atoms with Gasteiger partial charge in [-0.05, 0) is 38.9 Å². The van der Waals surface area contributed by atoms with E-state index < -0.39 is 5.97 Å². The Kier molecular flexibility index (Phi) is 5.71. The molecule has 0 saturated carbocycles. The smallest absolute Gasteiger partial charge is 0.352 e. The molecule has 1 saturated heterocycles. The lowest BCUT2D eigenvalue weighted by Gasteiger charge is -2.16. The van der Waals surface area contributed by atoms with Crippen molar-refractivity contribution in [2.45, 2.75) is 30.8 Å². The van der Waals surface area contributed by atoms with Gasteiger partial charge in [-0.1, -0.05) is 0 Å². The van der Waals surface area contributed by atoms with Crippen molar-refractivity contribution in [2.24, 2.45) is 7.05 Å². The second-order valence-corrected chi connectivity index (χ2v) is 4.83. The maximum atomic E-state index is 10.5. The van der Waals surface area contributed by atoms with Crippen LogP contribution in [-0.2, 0) is 7.05 Å². The lowest BCUT2D eigenvalue weighted by Crippen LogP contribution is -2.30. The van der Waals surface area contributed by atoms with Gasteiger partial charge in [0, 0.05) is 17.6 Å². The summed E-state index contributed by atoms with van der Waals surface area (Å²) in [5.41, 5.74) is 1.14. The molecule has 18 heavy (non-hydrogen) atoms. The van der Waals surface area contributed by atoms with Crippen molar-refractivity contribution in [3.05, 3.63) is 17.5 Å². The molecule has 3 N–H and O–H groups in total. The number of piperidine rings is 1. The number of nitrogens with zero attached hydrogens (tertiary/aromatic N) is 1. The maximum Gasteiger partial charge on any atom is 0.352 e. The highest BCUT2D eigenvalue weighted by molar-refractivity contribution is 7.80. The molecule has 0 aromatic carbocycles. The quantitative estimate of drug-likeness (QED) is 0.577. The summed E-state index contributed by atoms with van der Waals surface area (Å²) in [6.45, 7) is 3.80. The Morgan fingerprint density at radius 2 is 2.06 bits per heavy atom. The molecule has 0 unspecified atom stereocenters. The van der Waals surface area contributed by atoms with Gasteiger partial charge < -0.3 is 20.1 Å². The molecular formula is C12H20N2O3S. The maximum absolute atomic E-state index is 10.5. The molecule has 0 spiro atoms. The average molecular weight is 272 g/mol. The van der Waals surface area contributed by atoms with Gasteiger partial charge in [0.25, 0.3) is 0 Å². The van der Waals surface area contributed by atoms with Crippen LogP contribution in [0.25, 0.3) is 0 Å². The van der Waals surface area contributed by atoms with Crippen LogP contribution in [0, 0.1) is 6.92 Å². The predicted octanol–water partition coefficient (Wildman–Crippen LogP) is 1.05. The highest BCUT2D eigenvalue weighted by Gasteiger charge is 2.11. The number of aliphatic hydroxyl groups excluding tert-OH is 1. The number of carboxylic acid groups (broad SMARTS) is 1. The molecule has 0 bridgehead atoms. The Morgan fingerprint density at radius 1 is 1.50 bits per heavy atom. The minimum absolute atomic E-state index is 0.0266. The standard InChI is InChI=1S/C7H9NO2S.C5H11NO/c1-4-6(11)3-5(7(9)10)8(4)2;7-5-1-3-6-4-2-5/h3,11H,1-2H3,(H,9,10);5-7H,1-4H2. The summed E-state index contributed by atoms with van der Waals surface area (Å²) in [7, 11) is 1.71. The molecule has 0 amide bonds. The first-order valence-corrected chi connectivity index (χ1v) is 6.35.